The van der Waals surface area contributed by atoms with Crippen molar-refractivity contribution in [3.8, 4) is 0 Å². The number of carbonyl (C=O) groups is 1. The number of imidazole rings is 1. The van der Waals surface area contributed by atoms with Crippen molar-refractivity contribution in [3.63, 3.8) is 0 Å². The SMILES string of the molecule is O=C(NC1CCCc2occc21)C1Cc2nc[nH]c2CN1. The summed E-state index contributed by atoms with van der Waals surface area (Å²) >= 11 is 0. The van der Waals surface area contributed by atoms with Gasteiger partial charge in [0.15, 0.2) is 0 Å². The van der Waals surface area contributed by atoms with Crippen molar-refractivity contribution >= 4 is 5.91 Å². The van der Waals surface area contributed by atoms with E-state index >= 15 is 0 Å². The normalized spacial score (nSPS) is 24.2. The molecule has 4 rings (SSSR count). The van der Waals surface area contributed by atoms with Crippen LogP contribution in [0.5, 0.6) is 0 Å². The van der Waals surface area contributed by atoms with Gasteiger partial charge in [0.2, 0.25) is 5.91 Å². The van der Waals surface area contributed by atoms with Gasteiger partial charge >= 0.3 is 0 Å². The highest BCUT2D eigenvalue weighted by atomic mass is 16.3. The molecule has 1 aliphatic heterocycles. The summed E-state index contributed by atoms with van der Waals surface area (Å²) in [6.45, 7) is 0.662. The van der Waals surface area contributed by atoms with E-state index in [1.807, 2.05) is 6.07 Å². The van der Waals surface area contributed by atoms with Crippen LogP contribution in [0.25, 0.3) is 0 Å². The summed E-state index contributed by atoms with van der Waals surface area (Å²) in [6.07, 6.45) is 7.02. The molecule has 0 spiro atoms. The molecule has 110 valence electrons. The summed E-state index contributed by atoms with van der Waals surface area (Å²) in [5.41, 5.74) is 3.20. The van der Waals surface area contributed by atoms with Crippen molar-refractivity contribution in [2.75, 3.05) is 0 Å². The second-order valence-electron chi connectivity index (χ2n) is 5.72. The van der Waals surface area contributed by atoms with Crippen molar-refractivity contribution in [2.24, 2.45) is 0 Å². The topological polar surface area (TPSA) is 83.0 Å². The number of rotatable bonds is 2. The van der Waals surface area contributed by atoms with Crippen LogP contribution in [-0.2, 0) is 24.2 Å². The molecule has 1 aliphatic carbocycles. The van der Waals surface area contributed by atoms with Gasteiger partial charge in [0.05, 0.1) is 36.1 Å². The molecule has 3 N–H and O–H groups in total. The summed E-state index contributed by atoms with van der Waals surface area (Å²) in [5, 5.41) is 6.42. The zero-order valence-corrected chi connectivity index (χ0v) is 11.7. The second-order valence-corrected chi connectivity index (χ2v) is 5.72. The first kappa shape index (κ1) is 12.6. The minimum Gasteiger partial charge on any atom is -0.469 e. The number of carbonyl (C=O) groups excluding carboxylic acids is 1. The van der Waals surface area contributed by atoms with Gasteiger partial charge in [-0.1, -0.05) is 0 Å². The van der Waals surface area contributed by atoms with Crippen molar-refractivity contribution in [3.05, 3.63) is 41.4 Å². The molecule has 2 unspecified atom stereocenters. The molecule has 0 fully saturated rings. The van der Waals surface area contributed by atoms with E-state index in [0.29, 0.717) is 13.0 Å². The van der Waals surface area contributed by atoms with E-state index in [1.54, 1.807) is 12.6 Å². The molecule has 6 heteroatoms. The second kappa shape index (κ2) is 5.04. The number of nitrogens with one attached hydrogen (secondary N) is 3. The smallest absolute Gasteiger partial charge is 0.238 e. The number of hydrogen-bond acceptors (Lipinski definition) is 4. The van der Waals surface area contributed by atoms with E-state index in [1.165, 1.54) is 0 Å². The van der Waals surface area contributed by atoms with Crippen molar-refractivity contribution in [2.45, 2.75) is 44.3 Å². The summed E-state index contributed by atoms with van der Waals surface area (Å²) in [5.74, 6) is 1.06. The number of aromatic nitrogens is 2. The van der Waals surface area contributed by atoms with Crippen LogP contribution in [0.2, 0.25) is 0 Å². The monoisotopic (exact) mass is 286 g/mol. The van der Waals surface area contributed by atoms with Gasteiger partial charge in [-0.15, -0.1) is 0 Å². The summed E-state index contributed by atoms with van der Waals surface area (Å²) in [4.78, 5) is 19.9. The third kappa shape index (κ3) is 2.25. The molecule has 0 radical (unpaired) electrons. The highest BCUT2D eigenvalue weighted by Gasteiger charge is 2.29. The van der Waals surface area contributed by atoms with E-state index in [2.05, 4.69) is 20.6 Å². The Morgan fingerprint density at radius 1 is 1.48 bits per heavy atom. The fraction of sp³-hybridized carbons (Fsp3) is 0.467. The zero-order chi connectivity index (χ0) is 14.2. The van der Waals surface area contributed by atoms with E-state index in [4.69, 9.17) is 4.42 Å². The van der Waals surface area contributed by atoms with E-state index in [0.717, 1.165) is 42.0 Å². The van der Waals surface area contributed by atoms with Crippen LogP contribution in [0.15, 0.2) is 23.1 Å². The van der Waals surface area contributed by atoms with Gasteiger partial charge in [0.1, 0.15) is 5.76 Å². The maximum absolute atomic E-state index is 12.5. The third-order valence-corrected chi connectivity index (χ3v) is 4.42. The number of H-pyrrole nitrogens is 1. The molecular weight excluding hydrogens is 268 g/mol. The standard InChI is InChI=1S/C15H18N4O2/c20-15(12-6-11-13(7-16-12)18-8-17-11)19-10-2-1-3-14-9(10)4-5-21-14/h4-5,8,10,12,16H,1-3,6-7H2,(H,17,18)(H,19,20). The fourth-order valence-corrected chi connectivity index (χ4v) is 3.26. The predicted molar refractivity (Wildman–Crippen MR) is 75.4 cm³/mol. The Balaban J connectivity index is 1.46. The first-order chi connectivity index (χ1) is 10.3. The van der Waals surface area contributed by atoms with Gasteiger partial charge in [0, 0.05) is 24.9 Å². The predicted octanol–water partition coefficient (Wildman–Crippen LogP) is 1.21. The molecule has 0 saturated heterocycles. The first-order valence-corrected chi connectivity index (χ1v) is 7.42. The molecule has 6 nitrogen and oxygen atoms in total. The van der Waals surface area contributed by atoms with Crippen LogP contribution in [0, 0.1) is 0 Å². The Hall–Kier alpha value is -2.08. The number of furan rings is 1. The van der Waals surface area contributed by atoms with Gasteiger partial charge in [-0.05, 0) is 18.9 Å². The lowest BCUT2D eigenvalue weighted by atomic mass is 9.93. The van der Waals surface area contributed by atoms with Gasteiger partial charge < -0.3 is 14.7 Å². The molecule has 2 aliphatic rings. The largest absolute Gasteiger partial charge is 0.469 e. The quantitative estimate of drug-likeness (QED) is 0.775. The van der Waals surface area contributed by atoms with Crippen LogP contribution in [0.1, 0.15) is 41.6 Å². The number of fused-ring (bicyclic) bond motifs is 2. The zero-order valence-electron chi connectivity index (χ0n) is 11.7. The Morgan fingerprint density at radius 3 is 3.38 bits per heavy atom. The molecular formula is C15H18N4O2. The van der Waals surface area contributed by atoms with Crippen molar-refractivity contribution < 1.29 is 9.21 Å². The lowest BCUT2D eigenvalue weighted by Gasteiger charge is -2.27. The number of hydrogen-bond donors (Lipinski definition) is 3. The summed E-state index contributed by atoms with van der Waals surface area (Å²) in [7, 11) is 0. The number of nitrogens with zero attached hydrogens (tertiary/aromatic N) is 1. The number of aryl methyl sites for hydroxylation is 1. The van der Waals surface area contributed by atoms with Crippen LogP contribution >= 0.6 is 0 Å². The third-order valence-electron chi connectivity index (χ3n) is 4.42. The van der Waals surface area contributed by atoms with Crippen LogP contribution in [0.3, 0.4) is 0 Å². The van der Waals surface area contributed by atoms with E-state index in [-0.39, 0.29) is 18.0 Å². The van der Waals surface area contributed by atoms with Crippen LogP contribution < -0.4 is 10.6 Å². The molecule has 2 aromatic rings. The summed E-state index contributed by atoms with van der Waals surface area (Å²) < 4.78 is 5.47. The Kier molecular flexibility index (Phi) is 3.03. The van der Waals surface area contributed by atoms with E-state index in [9.17, 15) is 4.79 Å². The average Bonchev–Trinajstić information content (AvgIpc) is 3.15. The maximum atomic E-state index is 12.5. The number of amides is 1. The molecule has 2 aromatic heterocycles. The van der Waals surface area contributed by atoms with E-state index < -0.39 is 0 Å². The highest BCUT2D eigenvalue weighted by molar-refractivity contribution is 5.82. The van der Waals surface area contributed by atoms with Gasteiger partial charge in [-0.2, -0.15) is 0 Å². The highest BCUT2D eigenvalue weighted by Crippen LogP contribution is 2.30. The lowest BCUT2D eigenvalue weighted by molar-refractivity contribution is -0.124. The first-order valence-electron chi connectivity index (χ1n) is 7.42. The van der Waals surface area contributed by atoms with Crippen LogP contribution in [0.4, 0.5) is 0 Å². The van der Waals surface area contributed by atoms with Gasteiger partial charge in [-0.3, -0.25) is 10.1 Å². The maximum Gasteiger partial charge on any atom is 0.238 e. The Bertz CT molecular complexity index is 660. The summed E-state index contributed by atoms with van der Waals surface area (Å²) in [6, 6.07) is 1.83. The molecule has 2 atom stereocenters. The van der Waals surface area contributed by atoms with Gasteiger partial charge in [-0.25, -0.2) is 4.98 Å². The van der Waals surface area contributed by atoms with Crippen molar-refractivity contribution in [1.29, 1.82) is 0 Å². The number of aromatic amines is 1. The molecule has 21 heavy (non-hydrogen) atoms. The van der Waals surface area contributed by atoms with Gasteiger partial charge in [0.25, 0.3) is 0 Å². The fourth-order valence-electron chi connectivity index (χ4n) is 3.26. The molecule has 0 aromatic carbocycles. The minimum atomic E-state index is -0.210. The van der Waals surface area contributed by atoms with Crippen molar-refractivity contribution in [1.82, 2.24) is 20.6 Å². The molecule has 0 bridgehead atoms. The minimum absolute atomic E-state index is 0.0442. The molecule has 3 heterocycles. The Labute approximate surface area is 122 Å². The molecule has 1 amide bonds. The Morgan fingerprint density at radius 2 is 2.43 bits per heavy atom. The van der Waals surface area contributed by atoms with Crippen LogP contribution in [-0.4, -0.2) is 21.9 Å². The lowest BCUT2D eigenvalue weighted by Crippen LogP contribution is -2.48. The average molecular weight is 286 g/mol. The molecule has 0 saturated carbocycles.